The fourth-order valence-corrected chi connectivity index (χ4v) is 2.35. The van der Waals surface area contributed by atoms with Crippen LogP contribution in [0.3, 0.4) is 0 Å². The third-order valence-corrected chi connectivity index (χ3v) is 3.45. The molecule has 19 heavy (non-hydrogen) atoms. The highest BCUT2D eigenvalue weighted by molar-refractivity contribution is 5.89. The quantitative estimate of drug-likeness (QED) is 0.667. The molecular formula is C14H21N3O2. The van der Waals surface area contributed by atoms with E-state index in [-0.39, 0.29) is 18.2 Å². The van der Waals surface area contributed by atoms with Crippen LogP contribution in [0.4, 0.5) is 10.5 Å². The van der Waals surface area contributed by atoms with Crippen molar-refractivity contribution in [3.05, 3.63) is 29.8 Å². The predicted octanol–water partition coefficient (Wildman–Crippen LogP) is 1.57. The van der Waals surface area contributed by atoms with Crippen LogP contribution < -0.4 is 16.4 Å². The van der Waals surface area contributed by atoms with Gasteiger partial charge in [-0.05, 0) is 43.4 Å². The van der Waals surface area contributed by atoms with Gasteiger partial charge in [0.15, 0.2) is 0 Å². The Morgan fingerprint density at radius 1 is 1.32 bits per heavy atom. The van der Waals surface area contributed by atoms with Gasteiger partial charge in [-0.15, -0.1) is 0 Å². The zero-order valence-corrected chi connectivity index (χ0v) is 10.9. The number of urea groups is 1. The molecule has 0 unspecified atom stereocenters. The van der Waals surface area contributed by atoms with Crippen LogP contribution in [0.15, 0.2) is 24.3 Å². The van der Waals surface area contributed by atoms with Gasteiger partial charge in [0.2, 0.25) is 0 Å². The van der Waals surface area contributed by atoms with E-state index in [4.69, 9.17) is 5.73 Å². The van der Waals surface area contributed by atoms with E-state index < -0.39 is 0 Å². The average molecular weight is 263 g/mol. The van der Waals surface area contributed by atoms with Gasteiger partial charge in [0.1, 0.15) is 0 Å². The maximum atomic E-state index is 11.8. The number of aliphatic hydroxyl groups excluding tert-OH is 1. The molecule has 0 spiro atoms. The molecule has 0 heterocycles. The highest BCUT2D eigenvalue weighted by Gasteiger charge is 2.20. The largest absolute Gasteiger partial charge is 0.393 e. The molecular weight excluding hydrogens is 242 g/mol. The van der Waals surface area contributed by atoms with Crippen molar-refractivity contribution < 1.29 is 9.90 Å². The van der Waals surface area contributed by atoms with E-state index in [1.54, 1.807) is 0 Å². The second-order valence-corrected chi connectivity index (χ2v) is 5.01. The Bertz CT molecular complexity index is 428. The smallest absolute Gasteiger partial charge is 0.319 e. The first kappa shape index (κ1) is 13.8. The van der Waals surface area contributed by atoms with Gasteiger partial charge in [0, 0.05) is 18.3 Å². The summed E-state index contributed by atoms with van der Waals surface area (Å²) in [5, 5.41) is 15.2. The van der Waals surface area contributed by atoms with Crippen LogP contribution in [0.25, 0.3) is 0 Å². The maximum absolute atomic E-state index is 11.8. The number of carbonyl (C=O) groups is 1. The Hall–Kier alpha value is -1.59. The standard InChI is InChI=1S/C14H21N3O2/c15-9-10-2-1-3-12(8-10)17-14(19)16-11-4-6-13(18)7-5-11/h1-3,8,11,13,18H,4-7,9,15H2,(H2,16,17,19). The summed E-state index contributed by atoms with van der Waals surface area (Å²) in [4.78, 5) is 11.8. The van der Waals surface area contributed by atoms with Crippen molar-refractivity contribution in [2.75, 3.05) is 5.32 Å². The van der Waals surface area contributed by atoms with E-state index in [1.807, 2.05) is 24.3 Å². The van der Waals surface area contributed by atoms with Gasteiger partial charge >= 0.3 is 6.03 Å². The monoisotopic (exact) mass is 263 g/mol. The molecule has 104 valence electrons. The lowest BCUT2D eigenvalue weighted by Crippen LogP contribution is -2.40. The predicted molar refractivity (Wildman–Crippen MR) is 74.8 cm³/mol. The van der Waals surface area contributed by atoms with E-state index in [9.17, 15) is 9.90 Å². The van der Waals surface area contributed by atoms with Gasteiger partial charge in [0.25, 0.3) is 0 Å². The van der Waals surface area contributed by atoms with Crippen molar-refractivity contribution in [2.45, 2.75) is 44.4 Å². The second kappa shape index (κ2) is 6.54. The Balaban J connectivity index is 1.83. The zero-order valence-electron chi connectivity index (χ0n) is 10.9. The Kier molecular flexibility index (Phi) is 4.76. The van der Waals surface area contributed by atoms with E-state index in [1.165, 1.54) is 0 Å². The lowest BCUT2D eigenvalue weighted by molar-refractivity contribution is 0.118. The molecule has 1 saturated carbocycles. The van der Waals surface area contributed by atoms with Crippen LogP contribution in [0, 0.1) is 0 Å². The Morgan fingerprint density at radius 3 is 2.74 bits per heavy atom. The van der Waals surface area contributed by atoms with E-state index >= 15 is 0 Å². The van der Waals surface area contributed by atoms with Crippen molar-refractivity contribution in [3.63, 3.8) is 0 Å². The third-order valence-electron chi connectivity index (χ3n) is 3.45. The number of aliphatic hydroxyl groups is 1. The summed E-state index contributed by atoms with van der Waals surface area (Å²) in [5.74, 6) is 0. The lowest BCUT2D eigenvalue weighted by atomic mass is 9.93. The molecule has 0 atom stereocenters. The summed E-state index contributed by atoms with van der Waals surface area (Å²) in [6, 6.07) is 7.45. The average Bonchev–Trinajstić information content (AvgIpc) is 2.41. The fraction of sp³-hybridized carbons (Fsp3) is 0.500. The number of carbonyl (C=O) groups excluding carboxylic acids is 1. The normalized spacial score (nSPS) is 22.8. The van der Waals surface area contributed by atoms with Crippen molar-refractivity contribution >= 4 is 11.7 Å². The first-order valence-electron chi connectivity index (χ1n) is 6.72. The van der Waals surface area contributed by atoms with Gasteiger partial charge in [0.05, 0.1) is 6.10 Å². The molecule has 2 amide bonds. The molecule has 5 nitrogen and oxygen atoms in total. The SMILES string of the molecule is NCc1cccc(NC(=O)NC2CCC(O)CC2)c1. The third kappa shape index (κ3) is 4.22. The molecule has 5 heteroatoms. The molecule has 1 aliphatic rings. The summed E-state index contributed by atoms with van der Waals surface area (Å²) < 4.78 is 0. The molecule has 1 aliphatic carbocycles. The minimum atomic E-state index is -0.206. The van der Waals surface area contributed by atoms with Crippen LogP contribution in [0.1, 0.15) is 31.2 Å². The fourth-order valence-electron chi connectivity index (χ4n) is 2.35. The number of benzene rings is 1. The summed E-state index contributed by atoms with van der Waals surface area (Å²) >= 11 is 0. The number of rotatable bonds is 3. The summed E-state index contributed by atoms with van der Waals surface area (Å²) in [6.45, 7) is 0.456. The van der Waals surface area contributed by atoms with Gasteiger partial charge in [-0.3, -0.25) is 0 Å². The summed E-state index contributed by atoms with van der Waals surface area (Å²) in [5.41, 5.74) is 7.29. The number of hydrogen-bond donors (Lipinski definition) is 4. The van der Waals surface area contributed by atoms with Crippen molar-refractivity contribution in [2.24, 2.45) is 5.73 Å². The van der Waals surface area contributed by atoms with Crippen LogP contribution >= 0.6 is 0 Å². The van der Waals surface area contributed by atoms with Crippen LogP contribution in [-0.2, 0) is 6.54 Å². The molecule has 0 radical (unpaired) electrons. The summed E-state index contributed by atoms with van der Waals surface area (Å²) in [6.07, 6.45) is 2.97. The number of anilines is 1. The molecule has 0 saturated heterocycles. The Labute approximate surface area is 113 Å². The molecule has 0 bridgehead atoms. The molecule has 1 fully saturated rings. The molecule has 2 rings (SSSR count). The minimum Gasteiger partial charge on any atom is -0.393 e. The van der Waals surface area contributed by atoms with E-state index in [0.29, 0.717) is 6.54 Å². The van der Waals surface area contributed by atoms with Crippen molar-refractivity contribution in [1.82, 2.24) is 5.32 Å². The number of nitrogens with one attached hydrogen (secondary N) is 2. The highest BCUT2D eigenvalue weighted by atomic mass is 16.3. The van der Waals surface area contributed by atoms with Gasteiger partial charge in [-0.25, -0.2) is 4.79 Å². The molecule has 1 aromatic carbocycles. The highest BCUT2D eigenvalue weighted by Crippen LogP contribution is 2.18. The first-order valence-corrected chi connectivity index (χ1v) is 6.72. The molecule has 1 aromatic rings. The molecule has 0 aliphatic heterocycles. The number of nitrogens with two attached hydrogens (primary N) is 1. The minimum absolute atomic E-state index is 0.154. The van der Waals surface area contributed by atoms with Crippen LogP contribution in [0.5, 0.6) is 0 Å². The van der Waals surface area contributed by atoms with Crippen LogP contribution in [0.2, 0.25) is 0 Å². The van der Waals surface area contributed by atoms with Gasteiger partial charge in [-0.2, -0.15) is 0 Å². The lowest BCUT2D eigenvalue weighted by Gasteiger charge is -2.26. The number of amides is 2. The van der Waals surface area contributed by atoms with Crippen molar-refractivity contribution in [1.29, 1.82) is 0 Å². The van der Waals surface area contributed by atoms with E-state index in [2.05, 4.69) is 10.6 Å². The van der Waals surface area contributed by atoms with Crippen molar-refractivity contribution in [3.8, 4) is 0 Å². The molecule has 5 N–H and O–H groups in total. The summed E-state index contributed by atoms with van der Waals surface area (Å²) in [7, 11) is 0. The Morgan fingerprint density at radius 2 is 2.05 bits per heavy atom. The topological polar surface area (TPSA) is 87.4 Å². The second-order valence-electron chi connectivity index (χ2n) is 5.01. The first-order chi connectivity index (χ1) is 9.17. The molecule has 0 aromatic heterocycles. The van der Waals surface area contributed by atoms with Crippen LogP contribution in [-0.4, -0.2) is 23.3 Å². The van der Waals surface area contributed by atoms with Gasteiger partial charge < -0.3 is 21.5 Å². The number of hydrogen-bond acceptors (Lipinski definition) is 3. The zero-order chi connectivity index (χ0) is 13.7. The van der Waals surface area contributed by atoms with Gasteiger partial charge in [-0.1, -0.05) is 12.1 Å². The maximum Gasteiger partial charge on any atom is 0.319 e. The van der Waals surface area contributed by atoms with E-state index in [0.717, 1.165) is 36.9 Å².